The molecular weight excluding hydrogens is 516 g/mol. The number of benzene rings is 1. The number of aromatic nitrogens is 3. The zero-order valence-corrected chi connectivity index (χ0v) is 25.4. The molecular formula is C32H44N6O3. The van der Waals surface area contributed by atoms with E-state index in [0.717, 1.165) is 66.9 Å². The van der Waals surface area contributed by atoms with Crippen LogP contribution in [0.15, 0.2) is 24.3 Å². The van der Waals surface area contributed by atoms with Gasteiger partial charge in [0.2, 0.25) is 5.95 Å². The van der Waals surface area contributed by atoms with Gasteiger partial charge in [0, 0.05) is 36.6 Å². The number of pyridine rings is 1. The minimum absolute atomic E-state index is 0.0608. The van der Waals surface area contributed by atoms with Crippen LogP contribution in [-0.2, 0) is 11.3 Å². The van der Waals surface area contributed by atoms with Crippen LogP contribution in [0, 0.1) is 20.8 Å². The summed E-state index contributed by atoms with van der Waals surface area (Å²) in [5.74, 6) is 0.289. The molecule has 9 nitrogen and oxygen atoms in total. The summed E-state index contributed by atoms with van der Waals surface area (Å²) in [7, 11) is 0. The number of hydrogen-bond acceptors (Lipinski definition) is 6. The number of ether oxygens (including phenoxy) is 1. The molecule has 0 radical (unpaired) electrons. The van der Waals surface area contributed by atoms with Gasteiger partial charge in [-0.1, -0.05) is 6.07 Å². The van der Waals surface area contributed by atoms with Crippen molar-refractivity contribution in [1.29, 1.82) is 0 Å². The van der Waals surface area contributed by atoms with Crippen molar-refractivity contribution in [3.8, 4) is 0 Å². The number of anilines is 1. The summed E-state index contributed by atoms with van der Waals surface area (Å²) in [6.07, 6.45) is 4.93. The molecule has 2 aliphatic heterocycles. The summed E-state index contributed by atoms with van der Waals surface area (Å²) >= 11 is 0. The maximum atomic E-state index is 13.5. The van der Waals surface area contributed by atoms with Gasteiger partial charge in [-0.25, -0.2) is 9.78 Å². The highest BCUT2D eigenvalue weighted by Crippen LogP contribution is 2.33. The fourth-order valence-corrected chi connectivity index (χ4v) is 6.20. The van der Waals surface area contributed by atoms with Crippen LogP contribution < -0.4 is 5.32 Å². The molecule has 5 rings (SSSR count). The van der Waals surface area contributed by atoms with Crippen molar-refractivity contribution in [1.82, 2.24) is 24.3 Å². The highest BCUT2D eigenvalue weighted by atomic mass is 16.6. The molecule has 41 heavy (non-hydrogen) atoms. The Labute approximate surface area is 243 Å². The van der Waals surface area contributed by atoms with Crippen LogP contribution in [0.2, 0.25) is 0 Å². The second-order valence-electron chi connectivity index (χ2n) is 12.7. The molecule has 220 valence electrons. The molecule has 1 atom stereocenters. The fourth-order valence-electron chi connectivity index (χ4n) is 6.20. The third kappa shape index (κ3) is 6.89. The van der Waals surface area contributed by atoms with Crippen LogP contribution in [0.1, 0.15) is 91.8 Å². The molecule has 0 spiro atoms. The number of rotatable bonds is 5. The predicted octanol–water partition coefficient (Wildman–Crippen LogP) is 6.17. The maximum Gasteiger partial charge on any atom is 0.410 e. The van der Waals surface area contributed by atoms with Crippen LogP contribution in [0.4, 0.5) is 10.7 Å². The van der Waals surface area contributed by atoms with Crippen molar-refractivity contribution in [2.24, 2.45) is 0 Å². The number of likely N-dealkylation sites (tertiary alicyclic amines) is 2. The van der Waals surface area contributed by atoms with E-state index in [-0.39, 0.29) is 18.0 Å². The highest BCUT2D eigenvalue weighted by molar-refractivity contribution is 6.04. The molecule has 4 heterocycles. The van der Waals surface area contributed by atoms with Crippen molar-refractivity contribution in [2.45, 2.75) is 91.8 Å². The minimum Gasteiger partial charge on any atom is -0.444 e. The summed E-state index contributed by atoms with van der Waals surface area (Å²) in [6.45, 7) is 15.9. The quantitative estimate of drug-likeness (QED) is 0.401. The molecule has 2 aromatic heterocycles. The zero-order chi connectivity index (χ0) is 29.3. The number of nitrogens with one attached hydrogen (secondary N) is 1. The van der Waals surface area contributed by atoms with Gasteiger partial charge in [-0.05, 0) is 116 Å². The summed E-state index contributed by atoms with van der Waals surface area (Å²) in [5.41, 5.74) is 5.79. The van der Waals surface area contributed by atoms with Crippen molar-refractivity contribution >= 4 is 29.0 Å². The van der Waals surface area contributed by atoms with Gasteiger partial charge >= 0.3 is 6.09 Å². The lowest BCUT2D eigenvalue weighted by atomic mass is 10.1. The standard InChI is InChI=1S/C32H44N6O3/c1-21-15-24(19-36-12-9-10-13-36)18-27-28(21)38(26-11-7-8-14-37(20-26)31(40)41-32(4,5)6)30(34-27)35-29(39)25-16-22(2)33-23(3)17-25/h15-18,26H,7-14,19-20H2,1-6H3,(H,34,35,39). The first kappa shape index (κ1) is 29.0. The van der Waals surface area contributed by atoms with E-state index in [1.54, 1.807) is 12.1 Å². The molecule has 0 saturated carbocycles. The lowest BCUT2D eigenvalue weighted by Crippen LogP contribution is -2.39. The Hall–Kier alpha value is -3.46. The van der Waals surface area contributed by atoms with Gasteiger partial charge in [0.15, 0.2) is 0 Å². The Kier molecular flexibility index (Phi) is 8.36. The van der Waals surface area contributed by atoms with Gasteiger partial charge in [-0.15, -0.1) is 0 Å². The number of carbonyl (C=O) groups is 2. The van der Waals surface area contributed by atoms with Gasteiger partial charge in [0.05, 0.1) is 17.1 Å². The SMILES string of the molecule is Cc1cc(C(=O)Nc2nc3cc(CN4CCCC4)cc(C)c3n2C2CCCCN(C(=O)OC(C)(C)C)C2)cc(C)n1. The summed E-state index contributed by atoms with van der Waals surface area (Å²) in [4.78, 5) is 40.4. The average molecular weight is 561 g/mol. The Bertz CT molecular complexity index is 1410. The lowest BCUT2D eigenvalue weighted by Gasteiger charge is -2.29. The van der Waals surface area contributed by atoms with Crippen LogP contribution in [0.5, 0.6) is 0 Å². The Morgan fingerprint density at radius 1 is 0.951 bits per heavy atom. The zero-order valence-electron chi connectivity index (χ0n) is 25.4. The Morgan fingerprint density at radius 2 is 1.63 bits per heavy atom. The normalized spacial score (nSPS) is 18.5. The van der Waals surface area contributed by atoms with Crippen molar-refractivity contribution < 1.29 is 14.3 Å². The molecule has 2 fully saturated rings. The largest absolute Gasteiger partial charge is 0.444 e. The van der Waals surface area contributed by atoms with Crippen molar-refractivity contribution in [3.05, 3.63) is 52.3 Å². The number of imidazole rings is 1. The molecule has 1 N–H and O–H groups in total. The van der Waals surface area contributed by atoms with E-state index in [9.17, 15) is 9.59 Å². The first-order valence-electron chi connectivity index (χ1n) is 15.0. The fraction of sp³-hybridized carbons (Fsp3) is 0.562. The molecule has 0 aliphatic carbocycles. The molecule has 2 saturated heterocycles. The lowest BCUT2D eigenvalue weighted by molar-refractivity contribution is 0.0238. The molecule has 2 aliphatic rings. The van der Waals surface area contributed by atoms with E-state index in [2.05, 4.69) is 38.8 Å². The topological polar surface area (TPSA) is 92.6 Å². The van der Waals surface area contributed by atoms with E-state index in [0.29, 0.717) is 24.6 Å². The Morgan fingerprint density at radius 3 is 2.32 bits per heavy atom. The van der Waals surface area contributed by atoms with Gasteiger partial charge in [0.1, 0.15) is 5.60 Å². The van der Waals surface area contributed by atoms with Crippen LogP contribution in [0.25, 0.3) is 11.0 Å². The predicted molar refractivity (Wildman–Crippen MR) is 161 cm³/mol. The van der Waals surface area contributed by atoms with Crippen LogP contribution in [-0.4, -0.2) is 68.1 Å². The molecule has 0 bridgehead atoms. The van der Waals surface area contributed by atoms with Crippen LogP contribution in [0.3, 0.4) is 0 Å². The first-order chi connectivity index (χ1) is 19.5. The summed E-state index contributed by atoms with van der Waals surface area (Å²) in [6, 6.07) is 7.95. The monoisotopic (exact) mass is 560 g/mol. The van der Waals surface area contributed by atoms with E-state index < -0.39 is 5.60 Å². The molecule has 9 heteroatoms. The number of aryl methyl sites for hydroxylation is 3. The van der Waals surface area contributed by atoms with Gasteiger partial charge in [-0.2, -0.15) is 0 Å². The third-order valence-corrected chi connectivity index (χ3v) is 7.87. The Balaban J connectivity index is 1.54. The maximum absolute atomic E-state index is 13.5. The average Bonchev–Trinajstić information content (AvgIpc) is 3.43. The highest BCUT2D eigenvalue weighted by Gasteiger charge is 2.30. The third-order valence-electron chi connectivity index (χ3n) is 7.87. The van der Waals surface area contributed by atoms with Crippen molar-refractivity contribution in [3.63, 3.8) is 0 Å². The van der Waals surface area contributed by atoms with E-state index in [4.69, 9.17) is 9.72 Å². The number of amides is 2. The van der Waals surface area contributed by atoms with Crippen LogP contribution >= 0.6 is 0 Å². The van der Waals surface area contributed by atoms with Gasteiger partial charge in [-0.3, -0.25) is 20.0 Å². The van der Waals surface area contributed by atoms with Gasteiger partial charge in [0.25, 0.3) is 5.91 Å². The van der Waals surface area contributed by atoms with Gasteiger partial charge < -0.3 is 14.2 Å². The molecule has 2 amide bonds. The van der Waals surface area contributed by atoms with E-state index in [1.165, 1.54) is 18.4 Å². The number of hydrogen-bond donors (Lipinski definition) is 1. The van der Waals surface area contributed by atoms with E-state index >= 15 is 0 Å². The number of nitrogens with zero attached hydrogens (tertiary/aromatic N) is 5. The minimum atomic E-state index is -0.567. The molecule has 1 unspecified atom stereocenters. The molecule has 1 aromatic carbocycles. The second-order valence-corrected chi connectivity index (χ2v) is 12.7. The second kappa shape index (κ2) is 11.8. The molecule has 3 aromatic rings. The van der Waals surface area contributed by atoms with Crippen molar-refractivity contribution in [2.75, 3.05) is 31.5 Å². The van der Waals surface area contributed by atoms with E-state index in [1.807, 2.05) is 39.5 Å². The number of fused-ring (bicyclic) bond motifs is 1. The number of carbonyl (C=O) groups excluding carboxylic acids is 2. The first-order valence-corrected chi connectivity index (χ1v) is 15.0. The summed E-state index contributed by atoms with van der Waals surface area (Å²) < 4.78 is 7.90. The smallest absolute Gasteiger partial charge is 0.410 e. The summed E-state index contributed by atoms with van der Waals surface area (Å²) in [5, 5.41) is 3.13.